The van der Waals surface area contributed by atoms with E-state index < -0.39 is 11.9 Å². The lowest BCUT2D eigenvalue weighted by Crippen LogP contribution is -2.38. The zero-order chi connectivity index (χ0) is 10.1. The summed E-state index contributed by atoms with van der Waals surface area (Å²) in [6, 6.07) is 0.215. The van der Waals surface area contributed by atoms with Crippen molar-refractivity contribution in [2.24, 2.45) is 5.92 Å². The molecule has 0 bridgehead atoms. The van der Waals surface area contributed by atoms with Crippen LogP contribution in [-0.4, -0.2) is 47.6 Å². The van der Waals surface area contributed by atoms with Crippen LogP contribution in [0.5, 0.6) is 0 Å². The molecule has 2 fully saturated rings. The van der Waals surface area contributed by atoms with Gasteiger partial charge in [0.15, 0.2) is 0 Å². The van der Waals surface area contributed by atoms with Crippen LogP contribution in [0.15, 0.2) is 0 Å². The third kappa shape index (κ3) is 1.59. The zero-order valence-corrected chi connectivity index (χ0v) is 7.90. The zero-order valence-electron chi connectivity index (χ0n) is 7.90. The Kier molecular flexibility index (Phi) is 2.41. The molecular weight excluding hydrogens is 184 g/mol. The van der Waals surface area contributed by atoms with E-state index in [1.807, 2.05) is 0 Å². The minimum atomic E-state index is -0.855. The fourth-order valence-corrected chi connectivity index (χ4v) is 2.16. The summed E-state index contributed by atoms with van der Waals surface area (Å²) in [6.07, 6.45) is 1.11. The number of rotatable bonds is 2. The monoisotopic (exact) mass is 198 g/mol. The van der Waals surface area contributed by atoms with Crippen molar-refractivity contribution in [3.8, 4) is 0 Å². The van der Waals surface area contributed by atoms with Crippen molar-refractivity contribution in [2.45, 2.75) is 18.9 Å². The van der Waals surface area contributed by atoms with Gasteiger partial charge >= 0.3 is 5.97 Å². The van der Waals surface area contributed by atoms with E-state index >= 15 is 0 Å². The third-order valence-electron chi connectivity index (χ3n) is 2.98. The summed E-state index contributed by atoms with van der Waals surface area (Å²) < 4.78 is 0. The molecule has 78 valence electrons. The lowest BCUT2D eigenvalue weighted by molar-refractivity contribution is -0.141. The Labute approximate surface area is 82.1 Å². The molecule has 2 atom stereocenters. The molecule has 0 aromatic carbocycles. The van der Waals surface area contributed by atoms with E-state index in [0.717, 1.165) is 19.5 Å². The Hall–Kier alpha value is -1.10. The largest absolute Gasteiger partial charge is 0.481 e. The molecule has 2 rings (SSSR count). The predicted octanol–water partition coefficient (Wildman–Crippen LogP) is -0.719. The van der Waals surface area contributed by atoms with Crippen molar-refractivity contribution >= 4 is 11.9 Å². The van der Waals surface area contributed by atoms with Crippen molar-refractivity contribution in [2.75, 3.05) is 19.6 Å². The third-order valence-corrected chi connectivity index (χ3v) is 2.98. The topological polar surface area (TPSA) is 69.6 Å². The summed E-state index contributed by atoms with van der Waals surface area (Å²) >= 11 is 0. The summed E-state index contributed by atoms with van der Waals surface area (Å²) in [5.41, 5.74) is 0. The molecule has 1 amide bonds. The predicted molar refractivity (Wildman–Crippen MR) is 48.7 cm³/mol. The van der Waals surface area contributed by atoms with Crippen LogP contribution in [-0.2, 0) is 9.59 Å². The molecule has 0 radical (unpaired) electrons. The van der Waals surface area contributed by atoms with Crippen LogP contribution < -0.4 is 5.32 Å². The molecule has 2 heterocycles. The highest BCUT2D eigenvalue weighted by Gasteiger charge is 2.38. The maximum atomic E-state index is 11.5. The second-order valence-corrected chi connectivity index (χ2v) is 3.93. The Morgan fingerprint density at radius 1 is 1.57 bits per heavy atom. The van der Waals surface area contributed by atoms with E-state index in [2.05, 4.69) is 5.32 Å². The Morgan fingerprint density at radius 3 is 2.86 bits per heavy atom. The van der Waals surface area contributed by atoms with Crippen LogP contribution in [0.2, 0.25) is 0 Å². The number of carbonyl (C=O) groups is 2. The van der Waals surface area contributed by atoms with Gasteiger partial charge in [0, 0.05) is 25.6 Å². The summed E-state index contributed by atoms with van der Waals surface area (Å²) in [7, 11) is 0. The molecule has 5 heteroatoms. The maximum Gasteiger partial charge on any atom is 0.308 e. The van der Waals surface area contributed by atoms with Gasteiger partial charge < -0.3 is 15.3 Å². The van der Waals surface area contributed by atoms with E-state index in [1.165, 1.54) is 0 Å². The van der Waals surface area contributed by atoms with Gasteiger partial charge in [-0.15, -0.1) is 0 Å². The number of hydrogen-bond donors (Lipinski definition) is 2. The van der Waals surface area contributed by atoms with E-state index in [4.69, 9.17) is 5.11 Å². The Balaban J connectivity index is 2.00. The molecule has 2 aliphatic heterocycles. The van der Waals surface area contributed by atoms with Crippen molar-refractivity contribution in [1.29, 1.82) is 0 Å². The van der Waals surface area contributed by atoms with Crippen LogP contribution in [0, 0.1) is 5.92 Å². The van der Waals surface area contributed by atoms with Gasteiger partial charge in [-0.25, -0.2) is 0 Å². The molecule has 2 saturated heterocycles. The van der Waals surface area contributed by atoms with Crippen molar-refractivity contribution in [1.82, 2.24) is 10.2 Å². The maximum absolute atomic E-state index is 11.5. The highest BCUT2D eigenvalue weighted by Crippen LogP contribution is 2.22. The molecule has 0 aromatic rings. The summed E-state index contributed by atoms with van der Waals surface area (Å²) in [5, 5.41) is 12.0. The average molecular weight is 198 g/mol. The van der Waals surface area contributed by atoms with Gasteiger partial charge in [0.2, 0.25) is 5.91 Å². The number of likely N-dealkylation sites (tertiary alicyclic amines) is 1. The van der Waals surface area contributed by atoms with Gasteiger partial charge in [-0.05, 0) is 13.0 Å². The summed E-state index contributed by atoms with van der Waals surface area (Å²) in [5.74, 6) is -1.36. The Morgan fingerprint density at radius 2 is 2.36 bits per heavy atom. The van der Waals surface area contributed by atoms with E-state index in [1.54, 1.807) is 4.90 Å². The van der Waals surface area contributed by atoms with Crippen molar-refractivity contribution in [3.63, 3.8) is 0 Å². The van der Waals surface area contributed by atoms with Crippen molar-refractivity contribution < 1.29 is 14.7 Å². The number of amides is 1. The molecule has 14 heavy (non-hydrogen) atoms. The van der Waals surface area contributed by atoms with Crippen LogP contribution in [0.25, 0.3) is 0 Å². The molecule has 2 aliphatic rings. The normalized spacial score (nSPS) is 32.6. The number of aliphatic carboxylic acids is 1. The highest BCUT2D eigenvalue weighted by atomic mass is 16.4. The highest BCUT2D eigenvalue weighted by molar-refractivity contribution is 5.86. The number of carboxylic acids is 1. The first-order valence-corrected chi connectivity index (χ1v) is 4.91. The molecular formula is C9H14N2O3. The quantitative estimate of drug-likeness (QED) is 0.614. The average Bonchev–Trinajstić information content (AvgIpc) is 2.71. The molecule has 0 aliphatic carbocycles. The number of carboxylic acid groups (broad SMARTS) is 1. The Bertz CT molecular complexity index is 261. The van der Waals surface area contributed by atoms with Gasteiger partial charge in [0.1, 0.15) is 0 Å². The second kappa shape index (κ2) is 3.57. The van der Waals surface area contributed by atoms with Gasteiger partial charge in [-0.1, -0.05) is 0 Å². The van der Waals surface area contributed by atoms with Crippen LogP contribution in [0.4, 0.5) is 0 Å². The molecule has 0 spiro atoms. The number of nitrogens with zero attached hydrogens (tertiary/aromatic N) is 1. The number of carbonyl (C=O) groups excluding carboxylic acids is 1. The molecule has 0 saturated carbocycles. The summed E-state index contributed by atoms with van der Waals surface area (Å²) in [4.78, 5) is 23.9. The van der Waals surface area contributed by atoms with Crippen molar-refractivity contribution in [3.05, 3.63) is 0 Å². The van der Waals surface area contributed by atoms with Gasteiger partial charge in [0.25, 0.3) is 0 Å². The molecule has 0 unspecified atom stereocenters. The molecule has 2 N–H and O–H groups in total. The SMILES string of the molecule is O=C(O)[C@H]1CC(=O)N([C@@H]2CCNC2)C1. The summed E-state index contributed by atoms with van der Waals surface area (Å²) in [6.45, 7) is 2.12. The number of hydrogen-bond acceptors (Lipinski definition) is 3. The molecule has 0 aromatic heterocycles. The minimum absolute atomic E-state index is 0.00824. The van der Waals surface area contributed by atoms with E-state index in [9.17, 15) is 9.59 Å². The lowest BCUT2D eigenvalue weighted by Gasteiger charge is -2.22. The van der Waals surface area contributed by atoms with Gasteiger partial charge in [-0.3, -0.25) is 9.59 Å². The molecule has 5 nitrogen and oxygen atoms in total. The first-order chi connectivity index (χ1) is 6.68. The second-order valence-electron chi connectivity index (χ2n) is 3.93. The van der Waals surface area contributed by atoms with Gasteiger partial charge in [-0.2, -0.15) is 0 Å². The smallest absolute Gasteiger partial charge is 0.308 e. The van der Waals surface area contributed by atoms with Crippen LogP contribution in [0.1, 0.15) is 12.8 Å². The minimum Gasteiger partial charge on any atom is -0.481 e. The van der Waals surface area contributed by atoms with Crippen LogP contribution >= 0.6 is 0 Å². The fraction of sp³-hybridized carbons (Fsp3) is 0.778. The van der Waals surface area contributed by atoms with Crippen LogP contribution in [0.3, 0.4) is 0 Å². The lowest BCUT2D eigenvalue weighted by atomic mass is 10.1. The first-order valence-electron chi connectivity index (χ1n) is 4.91. The van der Waals surface area contributed by atoms with E-state index in [0.29, 0.717) is 6.54 Å². The van der Waals surface area contributed by atoms with Gasteiger partial charge in [0.05, 0.1) is 5.92 Å². The fourth-order valence-electron chi connectivity index (χ4n) is 2.16. The van der Waals surface area contributed by atoms with E-state index in [-0.39, 0.29) is 18.4 Å². The first kappa shape index (κ1) is 9.45. The standard InChI is InChI=1S/C9H14N2O3/c12-8-3-6(9(13)14)5-11(8)7-1-2-10-4-7/h6-7,10H,1-5H2,(H,13,14)/t6-,7+/m0/s1. The number of nitrogens with one attached hydrogen (secondary N) is 1.